The highest BCUT2D eigenvalue weighted by Crippen LogP contribution is 2.56. The molecule has 1 aliphatic rings. The molecule has 1 saturated carbocycles. The van der Waals surface area contributed by atoms with E-state index < -0.39 is 0 Å². The van der Waals surface area contributed by atoms with Crippen LogP contribution >= 0.6 is 11.3 Å². The second kappa shape index (κ2) is 4.18. The molecule has 1 unspecified atom stereocenters. The van der Waals surface area contributed by atoms with Crippen molar-refractivity contribution in [3.63, 3.8) is 0 Å². The Bertz CT molecular complexity index is 395. The zero-order chi connectivity index (χ0) is 11.8. The third-order valence-electron chi connectivity index (χ3n) is 3.39. The van der Waals surface area contributed by atoms with Gasteiger partial charge in [0.1, 0.15) is 0 Å². The molecule has 0 saturated heterocycles. The third kappa shape index (κ3) is 1.66. The minimum Gasteiger partial charge on any atom is -0.469 e. The molecule has 0 bridgehead atoms. The lowest BCUT2D eigenvalue weighted by Gasteiger charge is -2.24. The smallest absolute Gasteiger partial charge is 0.313 e. The summed E-state index contributed by atoms with van der Waals surface area (Å²) in [6.45, 7) is 2.09. The van der Waals surface area contributed by atoms with Crippen molar-refractivity contribution < 1.29 is 9.53 Å². The van der Waals surface area contributed by atoms with E-state index in [2.05, 4.69) is 23.7 Å². The minimum absolute atomic E-state index is 0.0837. The molecule has 3 nitrogen and oxygen atoms in total. The van der Waals surface area contributed by atoms with Gasteiger partial charge in [0.05, 0.1) is 18.6 Å². The molecular formula is C12H17NO2S. The number of ether oxygens (including phenoxy) is 1. The van der Waals surface area contributed by atoms with Crippen molar-refractivity contribution in [2.45, 2.75) is 25.8 Å². The van der Waals surface area contributed by atoms with Crippen molar-refractivity contribution in [3.05, 3.63) is 21.9 Å². The number of rotatable bonds is 4. The first-order valence-electron chi connectivity index (χ1n) is 5.45. The third-order valence-corrected chi connectivity index (χ3v) is 4.47. The monoisotopic (exact) mass is 239 g/mol. The van der Waals surface area contributed by atoms with E-state index >= 15 is 0 Å². The van der Waals surface area contributed by atoms with E-state index in [1.54, 1.807) is 11.3 Å². The van der Waals surface area contributed by atoms with E-state index in [0.717, 1.165) is 12.8 Å². The van der Waals surface area contributed by atoms with Crippen molar-refractivity contribution in [1.82, 2.24) is 5.32 Å². The van der Waals surface area contributed by atoms with Crippen molar-refractivity contribution in [2.24, 2.45) is 5.41 Å². The number of hydrogen-bond acceptors (Lipinski definition) is 4. The van der Waals surface area contributed by atoms with Gasteiger partial charge >= 0.3 is 5.97 Å². The van der Waals surface area contributed by atoms with Gasteiger partial charge in [-0.1, -0.05) is 0 Å². The molecular weight excluding hydrogens is 222 g/mol. The van der Waals surface area contributed by atoms with Gasteiger partial charge in [-0.15, -0.1) is 11.3 Å². The average Bonchev–Trinajstić information content (AvgIpc) is 2.98. The van der Waals surface area contributed by atoms with E-state index in [1.165, 1.54) is 17.6 Å². The van der Waals surface area contributed by atoms with Crippen molar-refractivity contribution in [3.8, 4) is 0 Å². The van der Waals surface area contributed by atoms with Crippen LogP contribution in [-0.2, 0) is 9.53 Å². The van der Waals surface area contributed by atoms with Gasteiger partial charge in [0.2, 0.25) is 0 Å². The van der Waals surface area contributed by atoms with Gasteiger partial charge in [0.25, 0.3) is 0 Å². The molecule has 88 valence electrons. The number of methoxy groups -OCH3 is 1. The predicted octanol–water partition coefficient (Wildman–Crippen LogP) is 2.27. The second-order valence-electron chi connectivity index (χ2n) is 4.34. The Morgan fingerprint density at radius 3 is 2.69 bits per heavy atom. The SMILES string of the molecule is CNC(c1sccc1C)C1(C(=O)OC)CC1. The number of esters is 1. The number of aryl methyl sites for hydroxylation is 1. The highest BCUT2D eigenvalue weighted by Gasteiger charge is 2.57. The lowest BCUT2D eigenvalue weighted by atomic mass is 9.93. The summed E-state index contributed by atoms with van der Waals surface area (Å²) in [5, 5.41) is 5.34. The summed E-state index contributed by atoms with van der Waals surface area (Å²) in [5.41, 5.74) is 0.929. The minimum atomic E-state index is -0.320. The van der Waals surface area contributed by atoms with Crippen LogP contribution in [0.1, 0.15) is 29.3 Å². The molecule has 1 atom stereocenters. The normalized spacial score (nSPS) is 19.2. The first-order valence-corrected chi connectivity index (χ1v) is 6.33. The van der Waals surface area contributed by atoms with Crippen molar-refractivity contribution >= 4 is 17.3 Å². The van der Waals surface area contributed by atoms with Crippen LogP contribution in [0.15, 0.2) is 11.4 Å². The summed E-state index contributed by atoms with van der Waals surface area (Å²) < 4.78 is 4.92. The molecule has 1 heterocycles. The van der Waals surface area contributed by atoms with Crippen LogP contribution in [-0.4, -0.2) is 20.1 Å². The molecule has 1 N–H and O–H groups in total. The zero-order valence-corrected chi connectivity index (χ0v) is 10.7. The Morgan fingerprint density at radius 2 is 2.31 bits per heavy atom. The molecule has 0 spiro atoms. The van der Waals surface area contributed by atoms with Gasteiger partial charge in [-0.25, -0.2) is 0 Å². The highest BCUT2D eigenvalue weighted by atomic mass is 32.1. The molecule has 0 aliphatic heterocycles. The number of carbonyl (C=O) groups excluding carboxylic acids is 1. The molecule has 1 aromatic rings. The topological polar surface area (TPSA) is 38.3 Å². The average molecular weight is 239 g/mol. The Kier molecular flexibility index (Phi) is 3.04. The van der Waals surface area contributed by atoms with E-state index in [9.17, 15) is 4.79 Å². The Morgan fingerprint density at radius 1 is 1.62 bits per heavy atom. The number of thiophene rings is 1. The standard InChI is InChI=1S/C12H17NO2S/c1-8-4-7-16-9(8)10(13-2)12(5-6-12)11(14)15-3/h4,7,10,13H,5-6H2,1-3H3. The maximum atomic E-state index is 11.8. The predicted molar refractivity (Wildman–Crippen MR) is 64.5 cm³/mol. The first-order chi connectivity index (χ1) is 7.65. The summed E-state index contributed by atoms with van der Waals surface area (Å²) in [5.74, 6) is -0.0837. The van der Waals surface area contributed by atoms with E-state index in [-0.39, 0.29) is 17.4 Å². The molecule has 0 amide bonds. The summed E-state index contributed by atoms with van der Waals surface area (Å²) >= 11 is 1.71. The number of carbonyl (C=O) groups is 1. The molecule has 1 aliphatic carbocycles. The summed E-state index contributed by atoms with van der Waals surface area (Å²) in [4.78, 5) is 13.1. The quantitative estimate of drug-likeness (QED) is 0.819. The summed E-state index contributed by atoms with van der Waals surface area (Å²) in [6.07, 6.45) is 1.84. The Labute approximate surface area is 99.8 Å². The molecule has 2 rings (SSSR count). The van der Waals surface area contributed by atoms with Gasteiger partial charge in [-0.2, -0.15) is 0 Å². The van der Waals surface area contributed by atoms with Gasteiger partial charge in [-0.05, 0) is 43.8 Å². The maximum Gasteiger partial charge on any atom is 0.313 e. The lowest BCUT2D eigenvalue weighted by molar-refractivity contribution is -0.148. The molecule has 16 heavy (non-hydrogen) atoms. The molecule has 4 heteroatoms. The largest absolute Gasteiger partial charge is 0.469 e. The van der Waals surface area contributed by atoms with E-state index in [1.807, 2.05) is 7.05 Å². The van der Waals surface area contributed by atoms with Crippen LogP contribution in [0.25, 0.3) is 0 Å². The number of hydrogen-bond donors (Lipinski definition) is 1. The van der Waals surface area contributed by atoms with Gasteiger partial charge in [0.15, 0.2) is 0 Å². The fraction of sp³-hybridized carbons (Fsp3) is 0.583. The Balaban J connectivity index is 2.31. The van der Waals surface area contributed by atoms with E-state index in [4.69, 9.17) is 4.74 Å². The van der Waals surface area contributed by atoms with Crippen LogP contribution in [0.2, 0.25) is 0 Å². The lowest BCUT2D eigenvalue weighted by Crippen LogP contribution is -2.33. The fourth-order valence-electron chi connectivity index (χ4n) is 2.29. The first kappa shape index (κ1) is 11.6. The summed E-state index contributed by atoms with van der Waals surface area (Å²) in [6, 6.07) is 2.19. The molecule has 1 fully saturated rings. The van der Waals surface area contributed by atoms with E-state index in [0.29, 0.717) is 0 Å². The van der Waals surface area contributed by atoms with Crippen LogP contribution in [0.5, 0.6) is 0 Å². The summed E-state index contributed by atoms with van der Waals surface area (Å²) in [7, 11) is 3.38. The van der Waals surface area contributed by atoms with Crippen molar-refractivity contribution in [1.29, 1.82) is 0 Å². The zero-order valence-electron chi connectivity index (χ0n) is 9.87. The molecule has 0 radical (unpaired) electrons. The highest BCUT2D eigenvalue weighted by molar-refractivity contribution is 7.10. The molecule has 1 aromatic heterocycles. The van der Waals surface area contributed by atoms with Crippen LogP contribution in [0, 0.1) is 12.3 Å². The number of nitrogens with one attached hydrogen (secondary N) is 1. The Hall–Kier alpha value is -0.870. The van der Waals surface area contributed by atoms with Crippen LogP contribution in [0.4, 0.5) is 0 Å². The maximum absolute atomic E-state index is 11.8. The van der Waals surface area contributed by atoms with Crippen LogP contribution < -0.4 is 5.32 Å². The van der Waals surface area contributed by atoms with Crippen molar-refractivity contribution in [2.75, 3.05) is 14.2 Å². The second-order valence-corrected chi connectivity index (χ2v) is 5.28. The fourth-order valence-corrected chi connectivity index (χ4v) is 3.44. The van der Waals surface area contributed by atoms with Gasteiger partial charge in [0, 0.05) is 4.88 Å². The molecule has 0 aromatic carbocycles. The van der Waals surface area contributed by atoms with Gasteiger partial charge in [-0.3, -0.25) is 4.79 Å². The van der Waals surface area contributed by atoms with Gasteiger partial charge < -0.3 is 10.1 Å². The van der Waals surface area contributed by atoms with Crippen LogP contribution in [0.3, 0.4) is 0 Å².